The highest BCUT2D eigenvalue weighted by Crippen LogP contribution is 2.23. The Labute approximate surface area is 162 Å². The molecule has 1 aromatic carbocycles. The standard InChI is InChI=1S/C20H24N4O2S/c1-14(18-11-15-7-4-5-9-17(15)26-18)23-20(22-13-19(25)24(2)3)21-12-16-8-6-10-27-16/h4-11,14H,12-13H2,1-3H3,(H2,21,22,23). The zero-order valence-electron chi connectivity index (χ0n) is 15.7. The summed E-state index contributed by atoms with van der Waals surface area (Å²) in [6.07, 6.45) is 0. The molecule has 6 nitrogen and oxygen atoms in total. The molecule has 1 atom stereocenters. The zero-order valence-corrected chi connectivity index (χ0v) is 16.5. The van der Waals surface area contributed by atoms with Crippen LogP contribution in [0.15, 0.2) is 57.3 Å². The summed E-state index contributed by atoms with van der Waals surface area (Å²) < 4.78 is 5.93. The third-order valence-electron chi connectivity index (χ3n) is 4.11. The highest BCUT2D eigenvalue weighted by molar-refractivity contribution is 7.09. The second-order valence-electron chi connectivity index (χ2n) is 6.44. The quantitative estimate of drug-likeness (QED) is 0.505. The minimum atomic E-state index is -0.0959. The number of furan rings is 1. The topological polar surface area (TPSA) is 69.9 Å². The fourth-order valence-corrected chi connectivity index (χ4v) is 3.16. The van der Waals surface area contributed by atoms with Crippen molar-refractivity contribution in [2.75, 3.05) is 20.6 Å². The average Bonchev–Trinajstić information content (AvgIpc) is 3.32. The van der Waals surface area contributed by atoms with Gasteiger partial charge in [0, 0.05) is 24.4 Å². The number of hydrogen-bond acceptors (Lipinski definition) is 4. The minimum absolute atomic E-state index is 0.0522. The van der Waals surface area contributed by atoms with Gasteiger partial charge in [-0.15, -0.1) is 11.3 Å². The van der Waals surface area contributed by atoms with E-state index < -0.39 is 0 Å². The number of thiophene rings is 1. The van der Waals surface area contributed by atoms with Crippen LogP contribution < -0.4 is 10.6 Å². The molecular formula is C20H24N4O2S. The molecule has 0 bridgehead atoms. The number of guanidine groups is 1. The maximum Gasteiger partial charge on any atom is 0.243 e. The molecule has 0 saturated carbocycles. The Kier molecular flexibility index (Phi) is 6.13. The van der Waals surface area contributed by atoms with Crippen molar-refractivity contribution >= 4 is 34.2 Å². The van der Waals surface area contributed by atoms with E-state index in [0.717, 1.165) is 16.7 Å². The van der Waals surface area contributed by atoms with Crippen LogP contribution in [0.3, 0.4) is 0 Å². The van der Waals surface area contributed by atoms with Crippen LogP contribution >= 0.6 is 11.3 Å². The molecule has 2 aromatic heterocycles. The van der Waals surface area contributed by atoms with Crippen LogP contribution in [0.4, 0.5) is 0 Å². The van der Waals surface area contributed by atoms with Gasteiger partial charge in [-0.2, -0.15) is 0 Å². The smallest absolute Gasteiger partial charge is 0.243 e. The second-order valence-corrected chi connectivity index (χ2v) is 7.47. The lowest BCUT2D eigenvalue weighted by atomic mass is 10.2. The molecule has 2 N–H and O–H groups in total. The van der Waals surface area contributed by atoms with Crippen molar-refractivity contribution in [3.05, 3.63) is 58.5 Å². The third kappa shape index (κ3) is 5.10. The lowest BCUT2D eigenvalue weighted by Gasteiger charge is -2.17. The summed E-state index contributed by atoms with van der Waals surface area (Å²) in [5.41, 5.74) is 0.856. The van der Waals surface area contributed by atoms with Crippen molar-refractivity contribution in [2.24, 2.45) is 4.99 Å². The summed E-state index contributed by atoms with van der Waals surface area (Å²) in [5, 5.41) is 9.72. The number of hydrogen-bond donors (Lipinski definition) is 2. The Morgan fingerprint density at radius 2 is 2.07 bits per heavy atom. The molecule has 1 unspecified atom stereocenters. The van der Waals surface area contributed by atoms with Crippen molar-refractivity contribution in [2.45, 2.75) is 19.5 Å². The summed E-state index contributed by atoms with van der Waals surface area (Å²) >= 11 is 1.67. The Bertz CT molecular complexity index is 882. The number of amides is 1. The lowest BCUT2D eigenvalue weighted by molar-refractivity contribution is -0.127. The number of carbonyl (C=O) groups is 1. The maximum absolute atomic E-state index is 11.9. The molecule has 0 spiro atoms. The first-order valence-electron chi connectivity index (χ1n) is 8.79. The molecular weight excluding hydrogens is 360 g/mol. The summed E-state index contributed by atoms with van der Waals surface area (Å²) in [6, 6.07) is 13.9. The maximum atomic E-state index is 11.9. The predicted molar refractivity (Wildman–Crippen MR) is 110 cm³/mol. The molecule has 27 heavy (non-hydrogen) atoms. The first-order valence-corrected chi connectivity index (χ1v) is 9.67. The number of fused-ring (bicyclic) bond motifs is 1. The van der Waals surface area contributed by atoms with E-state index in [9.17, 15) is 4.79 Å². The second kappa shape index (κ2) is 8.73. The largest absolute Gasteiger partial charge is 0.459 e. The van der Waals surface area contributed by atoms with Gasteiger partial charge in [-0.25, -0.2) is 4.99 Å². The normalized spacial score (nSPS) is 12.8. The van der Waals surface area contributed by atoms with Crippen LogP contribution in [-0.4, -0.2) is 37.4 Å². The molecule has 2 heterocycles. The zero-order chi connectivity index (χ0) is 19.2. The van der Waals surface area contributed by atoms with Crippen molar-refractivity contribution < 1.29 is 9.21 Å². The van der Waals surface area contributed by atoms with Crippen LogP contribution in [0, 0.1) is 0 Å². The Balaban J connectivity index is 1.72. The number of para-hydroxylation sites is 1. The van der Waals surface area contributed by atoms with Crippen LogP contribution in [-0.2, 0) is 11.3 Å². The fraction of sp³-hybridized carbons (Fsp3) is 0.300. The van der Waals surface area contributed by atoms with Crippen LogP contribution in [0.1, 0.15) is 23.6 Å². The molecule has 7 heteroatoms. The van der Waals surface area contributed by atoms with E-state index in [2.05, 4.69) is 21.7 Å². The fourth-order valence-electron chi connectivity index (χ4n) is 2.52. The molecule has 0 radical (unpaired) electrons. The predicted octanol–water partition coefficient (Wildman–Crippen LogP) is 3.38. The third-order valence-corrected chi connectivity index (χ3v) is 4.98. The first-order chi connectivity index (χ1) is 13.0. The van der Waals surface area contributed by atoms with Gasteiger partial charge in [0.25, 0.3) is 0 Å². The number of nitrogens with zero attached hydrogens (tertiary/aromatic N) is 2. The van der Waals surface area contributed by atoms with Crippen LogP contribution in [0.2, 0.25) is 0 Å². The number of carbonyl (C=O) groups excluding carboxylic acids is 1. The van der Waals surface area contributed by atoms with Crippen molar-refractivity contribution in [3.8, 4) is 0 Å². The molecule has 3 rings (SSSR count). The van der Waals surface area contributed by atoms with Gasteiger partial charge < -0.3 is 20.0 Å². The number of aliphatic imine (C=N–C) groups is 1. The number of benzene rings is 1. The summed E-state index contributed by atoms with van der Waals surface area (Å²) in [7, 11) is 3.45. The highest BCUT2D eigenvalue weighted by atomic mass is 32.1. The molecule has 3 aromatic rings. The molecule has 1 amide bonds. The van der Waals surface area contributed by atoms with Crippen molar-refractivity contribution in [1.82, 2.24) is 15.5 Å². The van der Waals surface area contributed by atoms with Gasteiger partial charge >= 0.3 is 0 Å². The van der Waals surface area contributed by atoms with E-state index >= 15 is 0 Å². The molecule has 142 valence electrons. The van der Waals surface area contributed by atoms with Crippen molar-refractivity contribution in [3.63, 3.8) is 0 Å². The van der Waals surface area contributed by atoms with Gasteiger partial charge in [0.2, 0.25) is 5.91 Å². The molecule has 0 saturated heterocycles. The summed E-state index contributed by atoms with van der Waals surface area (Å²) in [6.45, 7) is 2.74. The highest BCUT2D eigenvalue weighted by Gasteiger charge is 2.14. The van der Waals surface area contributed by atoms with Gasteiger partial charge in [-0.3, -0.25) is 4.79 Å². The van der Waals surface area contributed by atoms with Crippen LogP contribution in [0.5, 0.6) is 0 Å². The number of likely N-dealkylation sites (N-methyl/N-ethyl adjacent to an activating group) is 1. The van der Waals surface area contributed by atoms with Gasteiger partial charge in [-0.05, 0) is 30.5 Å². The van der Waals surface area contributed by atoms with Gasteiger partial charge in [-0.1, -0.05) is 24.3 Å². The molecule has 0 fully saturated rings. The van der Waals surface area contributed by atoms with E-state index in [1.807, 2.05) is 48.7 Å². The van der Waals surface area contributed by atoms with E-state index in [-0.39, 0.29) is 18.5 Å². The first kappa shape index (κ1) is 19.0. The number of nitrogens with one attached hydrogen (secondary N) is 2. The Morgan fingerprint density at radius 1 is 1.26 bits per heavy atom. The molecule has 0 aliphatic heterocycles. The average molecular weight is 385 g/mol. The van der Waals surface area contributed by atoms with E-state index in [0.29, 0.717) is 12.5 Å². The SMILES string of the molecule is CC(NC(=NCC(=O)N(C)C)NCc1cccs1)c1cc2ccccc2o1. The molecule has 0 aliphatic rings. The van der Waals surface area contributed by atoms with Gasteiger partial charge in [0.1, 0.15) is 17.9 Å². The summed E-state index contributed by atoms with van der Waals surface area (Å²) in [4.78, 5) is 19.1. The summed E-state index contributed by atoms with van der Waals surface area (Å²) in [5.74, 6) is 1.34. The monoisotopic (exact) mass is 384 g/mol. The van der Waals surface area contributed by atoms with Gasteiger partial charge in [0.05, 0.1) is 12.6 Å². The minimum Gasteiger partial charge on any atom is -0.459 e. The lowest BCUT2D eigenvalue weighted by Crippen LogP contribution is -2.39. The van der Waals surface area contributed by atoms with E-state index in [1.165, 1.54) is 9.78 Å². The van der Waals surface area contributed by atoms with Crippen molar-refractivity contribution in [1.29, 1.82) is 0 Å². The molecule has 0 aliphatic carbocycles. The Morgan fingerprint density at radius 3 is 2.78 bits per heavy atom. The van der Waals surface area contributed by atoms with E-state index in [1.54, 1.807) is 25.4 Å². The van der Waals surface area contributed by atoms with Crippen LogP contribution in [0.25, 0.3) is 11.0 Å². The van der Waals surface area contributed by atoms with Gasteiger partial charge in [0.15, 0.2) is 5.96 Å². The number of rotatable bonds is 6. The Hall–Kier alpha value is -2.80. The van der Waals surface area contributed by atoms with E-state index in [4.69, 9.17) is 4.42 Å².